The van der Waals surface area contributed by atoms with Crippen molar-refractivity contribution in [2.75, 3.05) is 55.0 Å². The standard InChI is InChI=1S/C23H29N5O5/c1-2-31-23(30)15-11-17(25)21-19(13-15)33-9-5-8-32-18-12-14(22(26)29)10-16(24)20(18)27-6-3-4-7-28-21/h3-4,10-13,27-28H,2,5-9,24-25H2,1H3,(H2,26,29)/b4-3+. The van der Waals surface area contributed by atoms with Crippen LogP contribution in [0.2, 0.25) is 0 Å². The molecule has 1 aliphatic heterocycles. The van der Waals surface area contributed by atoms with Crippen LogP contribution in [0.1, 0.15) is 34.1 Å². The number of nitrogens with two attached hydrogens (primary N) is 3. The number of benzene rings is 2. The Hall–Kier alpha value is -4.08. The number of carbonyl (C=O) groups is 2. The molecule has 2 aromatic carbocycles. The quantitative estimate of drug-likeness (QED) is 0.265. The molecule has 1 amide bonds. The molecule has 0 atom stereocenters. The van der Waals surface area contributed by atoms with Gasteiger partial charge in [0.05, 0.1) is 36.8 Å². The van der Waals surface area contributed by atoms with Crippen molar-refractivity contribution in [1.29, 1.82) is 0 Å². The average molecular weight is 456 g/mol. The minimum Gasteiger partial charge on any atom is -0.491 e. The van der Waals surface area contributed by atoms with Gasteiger partial charge in [0.25, 0.3) is 0 Å². The molecule has 10 nitrogen and oxygen atoms in total. The topological polar surface area (TPSA) is 164 Å². The average Bonchev–Trinajstić information content (AvgIpc) is 2.78. The van der Waals surface area contributed by atoms with Gasteiger partial charge >= 0.3 is 5.97 Å². The van der Waals surface area contributed by atoms with E-state index in [1.165, 1.54) is 6.07 Å². The van der Waals surface area contributed by atoms with Crippen molar-refractivity contribution in [3.05, 3.63) is 47.5 Å². The number of anilines is 4. The minimum atomic E-state index is -0.593. The lowest BCUT2D eigenvalue weighted by Crippen LogP contribution is -2.14. The number of hydrogen-bond donors (Lipinski definition) is 5. The summed E-state index contributed by atoms with van der Waals surface area (Å²) in [5, 5.41) is 6.43. The van der Waals surface area contributed by atoms with Crippen LogP contribution in [0.4, 0.5) is 22.7 Å². The van der Waals surface area contributed by atoms with Crippen LogP contribution in [0.25, 0.3) is 0 Å². The molecular weight excluding hydrogens is 426 g/mol. The number of amides is 1. The second-order valence-corrected chi connectivity index (χ2v) is 7.25. The van der Waals surface area contributed by atoms with Crippen LogP contribution >= 0.6 is 0 Å². The van der Waals surface area contributed by atoms with Crippen LogP contribution in [-0.4, -0.2) is 44.8 Å². The van der Waals surface area contributed by atoms with Crippen molar-refractivity contribution in [1.82, 2.24) is 0 Å². The molecule has 3 rings (SSSR count). The second kappa shape index (κ2) is 11.0. The number of primary amides is 1. The summed E-state index contributed by atoms with van der Waals surface area (Å²) < 4.78 is 16.9. The highest BCUT2D eigenvalue weighted by Gasteiger charge is 2.16. The van der Waals surface area contributed by atoms with Crippen molar-refractivity contribution in [2.24, 2.45) is 5.73 Å². The summed E-state index contributed by atoms with van der Waals surface area (Å²) in [5.74, 6) is -0.190. The Morgan fingerprint density at radius 2 is 1.42 bits per heavy atom. The highest BCUT2D eigenvalue weighted by molar-refractivity contribution is 5.96. The number of esters is 1. The fourth-order valence-electron chi connectivity index (χ4n) is 3.27. The smallest absolute Gasteiger partial charge is 0.338 e. The Balaban J connectivity index is 1.83. The van der Waals surface area contributed by atoms with Gasteiger partial charge in [-0.2, -0.15) is 0 Å². The molecule has 0 aliphatic carbocycles. The van der Waals surface area contributed by atoms with Gasteiger partial charge in [-0.1, -0.05) is 12.2 Å². The second-order valence-electron chi connectivity index (χ2n) is 7.25. The van der Waals surface area contributed by atoms with Crippen LogP contribution in [0.3, 0.4) is 0 Å². The zero-order valence-electron chi connectivity index (χ0n) is 18.5. The first kappa shape index (κ1) is 23.6. The van der Waals surface area contributed by atoms with E-state index in [0.717, 1.165) is 0 Å². The monoisotopic (exact) mass is 455 g/mol. The Bertz CT molecular complexity index is 1050. The third-order valence-electron chi connectivity index (χ3n) is 4.82. The zero-order valence-corrected chi connectivity index (χ0v) is 18.5. The van der Waals surface area contributed by atoms with E-state index >= 15 is 0 Å². The van der Waals surface area contributed by atoms with Gasteiger partial charge < -0.3 is 42.0 Å². The van der Waals surface area contributed by atoms with Crippen molar-refractivity contribution in [3.8, 4) is 11.5 Å². The SMILES string of the molecule is CCOC(=O)c1cc(N)c2c(c1)OCCCOc1cc(C(N)=O)cc(N)c1NC/C=C/CN2. The molecule has 1 aliphatic rings. The lowest BCUT2D eigenvalue weighted by atomic mass is 10.1. The van der Waals surface area contributed by atoms with Gasteiger partial charge in [0.2, 0.25) is 5.91 Å². The van der Waals surface area contributed by atoms with E-state index in [4.69, 9.17) is 31.4 Å². The summed E-state index contributed by atoms with van der Waals surface area (Å²) in [6.07, 6.45) is 4.33. The summed E-state index contributed by atoms with van der Waals surface area (Å²) in [7, 11) is 0. The van der Waals surface area contributed by atoms with Crippen LogP contribution in [-0.2, 0) is 4.74 Å². The first-order chi connectivity index (χ1) is 15.9. The van der Waals surface area contributed by atoms with Crippen LogP contribution < -0.4 is 37.3 Å². The van der Waals surface area contributed by atoms with Gasteiger partial charge in [-0.3, -0.25) is 4.79 Å². The van der Waals surface area contributed by atoms with E-state index in [1.807, 2.05) is 12.2 Å². The summed E-state index contributed by atoms with van der Waals surface area (Å²) in [4.78, 5) is 23.8. The summed E-state index contributed by atoms with van der Waals surface area (Å²) in [6, 6.07) is 6.25. The van der Waals surface area contributed by atoms with E-state index in [9.17, 15) is 9.59 Å². The van der Waals surface area contributed by atoms with E-state index in [2.05, 4.69) is 10.6 Å². The third-order valence-corrected chi connectivity index (χ3v) is 4.82. The van der Waals surface area contributed by atoms with Gasteiger partial charge in [0, 0.05) is 25.1 Å². The number of rotatable bonds is 3. The largest absolute Gasteiger partial charge is 0.491 e. The normalized spacial score (nSPS) is 14.9. The molecule has 0 saturated carbocycles. The Kier molecular flexibility index (Phi) is 7.85. The molecule has 0 bridgehead atoms. The Morgan fingerprint density at radius 3 is 1.94 bits per heavy atom. The van der Waals surface area contributed by atoms with E-state index < -0.39 is 11.9 Å². The maximum absolute atomic E-state index is 12.2. The summed E-state index contributed by atoms with van der Waals surface area (Å²) in [5.41, 5.74) is 20.2. The number of hydrogen-bond acceptors (Lipinski definition) is 9. The number of carbonyl (C=O) groups excluding carboxylic acids is 2. The summed E-state index contributed by atoms with van der Waals surface area (Å²) in [6.45, 7) is 3.53. The number of fused-ring (bicyclic) bond motifs is 2. The number of ether oxygens (including phenoxy) is 3. The summed E-state index contributed by atoms with van der Waals surface area (Å²) >= 11 is 0. The molecular formula is C23H29N5O5. The molecule has 0 saturated heterocycles. The molecule has 0 aromatic heterocycles. The molecule has 10 heteroatoms. The molecule has 0 unspecified atom stereocenters. The van der Waals surface area contributed by atoms with Crippen molar-refractivity contribution in [2.45, 2.75) is 13.3 Å². The molecule has 2 aromatic rings. The molecule has 8 N–H and O–H groups in total. The third kappa shape index (κ3) is 6.00. The van der Waals surface area contributed by atoms with E-state index in [-0.39, 0.29) is 12.2 Å². The Labute approximate surface area is 192 Å². The van der Waals surface area contributed by atoms with E-state index in [0.29, 0.717) is 72.5 Å². The van der Waals surface area contributed by atoms with Crippen LogP contribution in [0.15, 0.2) is 36.4 Å². The Morgan fingerprint density at radius 1 is 0.909 bits per heavy atom. The maximum Gasteiger partial charge on any atom is 0.338 e. The molecule has 0 spiro atoms. The lowest BCUT2D eigenvalue weighted by Gasteiger charge is -2.17. The predicted octanol–water partition coefficient (Wildman–Crippen LogP) is 2.37. The molecule has 0 fully saturated rings. The number of nitrogen functional groups attached to an aromatic ring is 2. The highest BCUT2D eigenvalue weighted by atomic mass is 16.5. The van der Waals surface area contributed by atoms with Gasteiger partial charge in [0.15, 0.2) is 0 Å². The first-order valence-corrected chi connectivity index (χ1v) is 10.6. The molecule has 1 heterocycles. The molecule has 33 heavy (non-hydrogen) atoms. The van der Waals surface area contributed by atoms with Crippen molar-refractivity contribution >= 4 is 34.6 Å². The maximum atomic E-state index is 12.2. The minimum absolute atomic E-state index is 0.258. The molecule has 0 radical (unpaired) electrons. The zero-order chi connectivity index (χ0) is 23.8. The van der Waals surface area contributed by atoms with Gasteiger partial charge in [-0.05, 0) is 31.2 Å². The molecule has 176 valence electrons. The van der Waals surface area contributed by atoms with Crippen molar-refractivity contribution in [3.63, 3.8) is 0 Å². The number of nitrogens with one attached hydrogen (secondary N) is 2. The van der Waals surface area contributed by atoms with Gasteiger partial charge in [0.1, 0.15) is 22.9 Å². The van der Waals surface area contributed by atoms with Gasteiger partial charge in [-0.15, -0.1) is 0 Å². The fraction of sp³-hybridized carbons (Fsp3) is 0.304. The van der Waals surface area contributed by atoms with Crippen molar-refractivity contribution < 1.29 is 23.8 Å². The van der Waals surface area contributed by atoms with Crippen LogP contribution in [0, 0.1) is 0 Å². The lowest BCUT2D eigenvalue weighted by molar-refractivity contribution is 0.0525. The first-order valence-electron chi connectivity index (χ1n) is 10.6. The van der Waals surface area contributed by atoms with E-state index in [1.54, 1.807) is 25.1 Å². The van der Waals surface area contributed by atoms with Gasteiger partial charge in [-0.25, -0.2) is 4.79 Å². The van der Waals surface area contributed by atoms with Crippen LogP contribution in [0.5, 0.6) is 11.5 Å². The predicted molar refractivity (Wildman–Crippen MR) is 128 cm³/mol. The fourth-order valence-corrected chi connectivity index (χ4v) is 3.27. The highest BCUT2D eigenvalue weighted by Crippen LogP contribution is 2.34.